The van der Waals surface area contributed by atoms with E-state index in [2.05, 4.69) is 38.5 Å². The smallest absolute Gasteiger partial charge is 0.216 e. The molecule has 0 aromatic rings. The molecule has 0 amide bonds. The van der Waals surface area contributed by atoms with E-state index in [1.807, 2.05) is 6.08 Å². The molecule has 0 unspecified atom stereocenters. The Morgan fingerprint density at radius 3 is 2.42 bits per heavy atom. The van der Waals surface area contributed by atoms with Crippen LogP contribution in [0.5, 0.6) is 0 Å². The van der Waals surface area contributed by atoms with E-state index >= 15 is 0 Å². The van der Waals surface area contributed by atoms with Crippen LogP contribution in [-0.4, -0.2) is 72.3 Å². The molecule has 216 valence electrons. The van der Waals surface area contributed by atoms with Crippen LogP contribution in [-0.2, 0) is 19.5 Å². The number of sulfonamides is 1. The van der Waals surface area contributed by atoms with Gasteiger partial charge in [-0.25, -0.2) is 13.1 Å². The number of hydrogen-bond acceptors (Lipinski definition) is 7. The van der Waals surface area contributed by atoms with Gasteiger partial charge in [0.2, 0.25) is 10.0 Å². The van der Waals surface area contributed by atoms with Crippen LogP contribution in [0.4, 0.5) is 0 Å². The average molecular weight is 554 g/mol. The van der Waals surface area contributed by atoms with Gasteiger partial charge in [-0.05, 0) is 75.4 Å². The third-order valence-corrected chi connectivity index (χ3v) is 11.5. The van der Waals surface area contributed by atoms with Gasteiger partial charge in [-0.1, -0.05) is 51.0 Å². The van der Waals surface area contributed by atoms with E-state index in [1.165, 1.54) is 16.7 Å². The topological polar surface area (TPSA) is 125 Å². The van der Waals surface area contributed by atoms with E-state index in [9.17, 15) is 23.7 Å². The number of aliphatic hydroxyl groups is 3. The molecule has 4 N–H and O–H groups in total. The maximum Gasteiger partial charge on any atom is 0.216 e. The van der Waals surface area contributed by atoms with Gasteiger partial charge >= 0.3 is 0 Å². The van der Waals surface area contributed by atoms with Crippen molar-refractivity contribution in [3.63, 3.8) is 0 Å². The summed E-state index contributed by atoms with van der Waals surface area (Å²) in [7, 11) is -3.55. The Bertz CT molecular complexity index is 1120. The zero-order chi connectivity index (χ0) is 28.3. The largest absolute Gasteiger partial charge is 0.388 e. The third-order valence-electron chi connectivity index (χ3n) is 9.34. The van der Waals surface area contributed by atoms with Gasteiger partial charge in [-0.3, -0.25) is 0 Å². The first-order valence-electron chi connectivity index (χ1n) is 13.9. The second-order valence-corrected chi connectivity index (χ2v) is 16.0. The zero-order valence-corrected chi connectivity index (χ0v) is 24.8. The molecule has 1 saturated heterocycles. The molecule has 0 aromatic heterocycles. The number of fused-ring (bicyclic) bond motifs is 3. The van der Waals surface area contributed by atoms with Crippen LogP contribution in [0.15, 0.2) is 34.4 Å². The number of nitrogens with one attached hydrogen (secondary N) is 1. The van der Waals surface area contributed by atoms with Crippen molar-refractivity contribution in [3.8, 4) is 0 Å². The van der Waals surface area contributed by atoms with Crippen molar-refractivity contribution in [2.24, 2.45) is 16.7 Å². The first-order valence-corrected chi connectivity index (χ1v) is 15.4. The van der Waals surface area contributed by atoms with Crippen LogP contribution in [0.25, 0.3) is 0 Å². The summed E-state index contributed by atoms with van der Waals surface area (Å²) in [4.78, 5) is 0. The molecule has 7 atom stereocenters. The number of ether oxygens (including phenoxy) is 2. The van der Waals surface area contributed by atoms with Crippen LogP contribution in [0.2, 0.25) is 0 Å². The fourth-order valence-corrected chi connectivity index (χ4v) is 7.27. The summed E-state index contributed by atoms with van der Waals surface area (Å²) in [6.07, 6.45) is 3.23. The van der Waals surface area contributed by atoms with Gasteiger partial charge < -0.3 is 24.8 Å². The van der Waals surface area contributed by atoms with Crippen molar-refractivity contribution in [1.82, 2.24) is 4.72 Å². The molecular formula is C29H47NO7S. The van der Waals surface area contributed by atoms with Gasteiger partial charge in [-0.15, -0.1) is 0 Å². The van der Waals surface area contributed by atoms with Crippen molar-refractivity contribution in [2.75, 3.05) is 13.2 Å². The van der Waals surface area contributed by atoms with Crippen molar-refractivity contribution in [1.29, 1.82) is 0 Å². The van der Waals surface area contributed by atoms with Crippen LogP contribution in [0.3, 0.4) is 0 Å². The van der Waals surface area contributed by atoms with Gasteiger partial charge in [0, 0.05) is 12.0 Å². The molecular weight excluding hydrogens is 506 g/mol. The van der Waals surface area contributed by atoms with Crippen LogP contribution in [0.1, 0.15) is 80.6 Å². The quantitative estimate of drug-likeness (QED) is 0.398. The van der Waals surface area contributed by atoms with Gasteiger partial charge in [0.25, 0.3) is 0 Å². The van der Waals surface area contributed by atoms with E-state index in [-0.39, 0.29) is 18.6 Å². The van der Waals surface area contributed by atoms with E-state index in [4.69, 9.17) is 9.47 Å². The van der Waals surface area contributed by atoms with Gasteiger partial charge in [0.1, 0.15) is 18.3 Å². The van der Waals surface area contributed by atoms with Crippen molar-refractivity contribution < 1.29 is 33.2 Å². The fourth-order valence-electron chi connectivity index (χ4n) is 6.46. The summed E-state index contributed by atoms with van der Waals surface area (Å²) >= 11 is 0. The van der Waals surface area contributed by atoms with Crippen molar-refractivity contribution in [2.45, 2.75) is 116 Å². The standard InChI is InChI=1S/C29H47NO7S/c1-17(2)19-10-11-28(6)12-13-29(7)20(23(19)28)9-8-18(15-30-38(34,35)27(3,4)5)14-22(29)37-26-25(33)24(32)21(31)16-36-26/h8-9,17,21-22,24-26,30-33H,10-16H2,1-7H3/t21-,22+,24+,25-,26+,28-,29-/m1/s1. The van der Waals surface area contributed by atoms with E-state index in [0.717, 1.165) is 31.3 Å². The van der Waals surface area contributed by atoms with Gasteiger partial charge in [0.05, 0.1) is 17.5 Å². The maximum atomic E-state index is 12.8. The van der Waals surface area contributed by atoms with E-state index < -0.39 is 50.9 Å². The second kappa shape index (κ2) is 10.4. The highest BCUT2D eigenvalue weighted by Crippen LogP contribution is 2.62. The molecule has 3 aliphatic carbocycles. The Kier molecular flexibility index (Phi) is 8.18. The second-order valence-electron chi connectivity index (χ2n) is 13.5. The van der Waals surface area contributed by atoms with Crippen LogP contribution < -0.4 is 4.72 Å². The van der Waals surface area contributed by atoms with Gasteiger partial charge in [-0.2, -0.15) is 0 Å². The molecule has 0 aromatic carbocycles. The molecule has 1 aliphatic heterocycles. The highest BCUT2D eigenvalue weighted by atomic mass is 32.2. The molecule has 9 heteroatoms. The molecule has 4 rings (SSSR count). The fraction of sp³-hybridized carbons (Fsp3) is 0.793. The first-order chi connectivity index (χ1) is 17.5. The van der Waals surface area contributed by atoms with E-state index in [1.54, 1.807) is 20.8 Å². The summed E-state index contributed by atoms with van der Waals surface area (Å²) < 4.78 is 39.6. The summed E-state index contributed by atoms with van der Waals surface area (Å²) in [5, 5.41) is 30.9. The summed E-state index contributed by atoms with van der Waals surface area (Å²) in [6, 6.07) is 0. The Balaban J connectivity index is 1.74. The maximum absolute atomic E-state index is 12.8. The lowest BCUT2D eigenvalue weighted by molar-refractivity contribution is -0.291. The lowest BCUT2D eigenvalue weighted by Crippen LogP contribution is -2.56. The van der Waals surface area contributed by atoms with E-state index in [0.29, 0.717) is 12.3 Å². The lowest BCUT2D eigenvalue weighted by Gasteiger charge is -2.50. The molecule has 1 saturated carbocycles. The minimum Gasteiger partial charge on any atom is -0.388 e. The molecule has 0 radical (unpaired) electrons. The average Bonchev–Trinajstić information content (AvgIpc) is 3.11. The molecule has 0 bridgehead atoms. The molecule has 8 nitrogen and oxygen atoms in total. The van der Waals surface area contributed by atoms with Crippen molar-refractivity contribution in [3.05, 3.63) is 34.4 Å². The minimum absolute atomic E-state index is 0.0861. The SMILES string of the molecule is CC(C)C1=C2C3=CC=C(CNS(=O)(=O)C(C)(C)C)C[C@H](O[C@@H]4OC[C@@H](O)[C@H](O)[C@H]4O)[C@]3(C)CC[C@@]2(C)CC1. The summed E-state index contributed by atoms with van der Waals surface area (Å²) in [6.45, 7) is 14.1. The number of hydrogen-bond donors (Lipinski definition) is 4. The molecule has 4 aliphatic rings. The molecule has 1 heterocycles. The number of aliphatic hydroxyl groups excluding tert-OH is 3. The highest BCUT2D eigenvalue weighted by Gasteiger charge is 2.53. The normalized spacial score (nSPS) is 38.4. The van der Waals surface area contributed by atoms with Crippen molar-refractivity contribution >= 4 is 10.0 Å². The minimum atomic E-state index is -3.55. The Morgan fingerprint density at radius 2 is 1.79 bits per heavy atom. The zero-order valence-electron chi connectivity index (χ0n) is 24.0. The first kappa shape index (κ1) is 29.9. The predicted octanol–water partition coefficient (Wildman–Crippen LogP) is 3.34. The van der Waals surface area contributed by atoms with Gasteiger partial charge in [0.15, 0.2) is 6.29 Å². The molecule has 0 spiro atoms. The highest BCUT2D eigenvalue weighted by molar-refractivity contribution is 7.90. The Labute approximate surface area is 228 Å². The summed E-state index contributed by atoms with van der Waals surface area (Å²) in [5.74, 6) is 0.417. The Morgan fingerprint density at radius 1 is 1.11 bits per heavy atom. The monoisotopic (exact) mass is 553 g/mol. The lowest BCUT2D eigenvalue weighted by atomic mass is 9.57. The summed E-state index contributed by atoms with van der Waals surface area (Å²) in [5.41, 5.74) is 4.65. The molecule has 2 fully saturated rings. The number of rotatable bonds is 6. The third kappa shape index (κ3) is 5.32. The Hall–Kier alpha value is -1.07. The molecule has 38 heavy (non-hydrogen) atoms. The number of allylic oxidation sites excluding steroid dienone is 4. The van der Waals surface area contributed by atoms with Crippen LogP contribution in [0, 0.1) is 16.7 Å². The predicted molar refractivity (Wildman–Crippen MR) is 147 cm³/mol. The van der Waals surface area contributed by atoms with Crippen LogP contribution >= 0.6 is 0 Å².